The molecule has 3 rings (SSSR count). The summed E-state index contributed by atoms with van der Waals surface area (Å²) in [5, 5.41) is 20.3. The van der Waals surface area contributed by atoms with Crippen molar-refractivity contribution in [2.45, 2.75) is 6.54 Å². The Balaban J connectivity index is 2.36. The molecule has 2 aromatic carbocycles. The van der Waals surface area contributed by atoms with E-state index >= 15 is 0 Å². The van der Waals surface area contributed by atoms with Crippen LogP contribution in [0, 0.1) is 0 Å². The Hall–Kier alpha value is -2.79. The lowest BCUT2D eigenvalue weighted by molar-refractivity contribution is 0.0699. The Labute approximate surface area is 133 Å². The maximum Gasteiger partial charge on any atom is 0.340 e. The molecule has 0 atom stereocenters. The number of rotatable bonds is 4. The molecule has 0 aliphatic rings. The minimum atomic E-state index is -1.08. The number of fused-ring (bicyclic) bond motifs is 1. The van der Waals surface area contributed by atoms with Crippen LogP contribution in [-0.2, 0) is 6.54 Å². The molecule has 0 radical (unpaired) electrons. The molecule has 118 valence electrons. The van der Waals surface area contributed by atoms with Crippen LogP contribution in [0.3, 0.4) is 0 Å². The first-order valence-corrected chi connectivity index (χ1v) is 7.20. The lowest BCUT2D eigenvalue weighted by atomic mass is 10.0. The van der Waals surface area contributed by atoms with Gasteiger partial charge in [-0.3, -0.25) is 0 Å². The van der Waals surface area contributed by atoms with Gasteiger partial charge in [-0.1, -0.05) is 30.3 Å². The zero-order valence-electron chi connectivity index (χ0n) is 12.9. The van der Waals surface area contributed by atoms with Crippen molar-refractivity contribution >= 4 is 16.9 Å². The summed E-state index contributed by atoms with van der Waals surface area (Å²) in [6.45, 7) is 0.414. The van der Waals surface area contributed by atoms with E-state index in [1.54, 1.807) is 18.2 Å². The number of phenols is 1. The summed E-state index contributed by atoms with van der Waals surface area (Å²) in [7, 11) is 3.72. The van der Waals surface area contributed by atoms with E-state index in [2.05, 4.69) is 0 Å². The lowest BCUT2D eigenvalue weighted by Gasteiger charge is -2.12. The zero-order valence-corrected chi connectivity index (χ0v) is 12.9. The highest BCUT2D eigenvalue weighted by Gasteiger charge is 2.25. The maximum absolute atomic E-state index is 11.9. The van der Waals surface area contributed by atoms with E-state index in [1.165, 1.54) is 6.07 Å². The summed E-state index contributed by atoms with van der Waals surface area (Å²) in [4.78, 5) is 13.7. The summed E-state index contributed by atoms with van der Waals surface area (Å²) < 4.78 is 5.81. The first-order valence-electron chi connectivity index (χ1n) is 7.20. The lowest BCUT2D eigenvalue weighted by Crippen LogP contribution is -2.11. The molecule has 2 N–H and O–H groups in total. The third kappa shape index (κ3) is 2.66. The SMILES string of the molecule is CN(C)Cc1c(O)ccc2oc(-c3ccccc3)c(C(=O)O)c12. The van der Waals surface area contributed by atoms with Crippen molar-refractivity contribution in [3.05, 3.63) is 53.6 Å². The number of phenolic OH excluding ortho intramolecular Hbond substituents is 1. The minimum absolute atomic E-state index is 0.0640. The molecule has 0 saturated carbocycles. The van der Waals surface area contributed by atoms with Gasteiger partial charge in [0.2, 0.25) is 0 Å². The quantitative estimate of drug-likeness (QED) is 0.770. The van der Waals surface area contributed by atoms with Gasteiger partial charge in [-0.25, -0.2) is 4.79 Å². The highest BCUT2D eigenvalue weighted by molar-refractivity contribution is 6.09. The Bertz CT molecular complexity index is 866. The van der Waals surface area contributed by atoms with Gasteiger partial charge in [-0.05, 0) is 26.2 Å². The monoisotopic (exact) mass is 311 g/mol. The number of hydrogen-bond donors (Lipinski definition) is 2. The van der Waals surface area contributed by atoms with Crippen LogP contribution in [0.15, 0.2) is 46.9 Å². The molecular weight excluding hydrogens is 294 g/mol. The molecule has 0 bridgehead atoms. The molecule has 0 spiro atoms. The van der Waals surface area contributed by atoms with Gasteiger partial charge >= 0.3 is 5.97 Å². The highest BCUT2D eigenvalue weighted by atomic mass is 16.4. The van der Waals surface area contributed by atoms with Crippen LogP contribution in [0.5, 0.6) is 5.75 Å². The van der Waals surface area contributed by atoms with Crippen molar-refractivity contribution in [3.63, 3.8) is 0 Å². The van der Waals surface area contributed by atoms with Gasteiger partial charge in [0.15, 0.2) is 0 Å². The van der Waals surface area contributed by atoms with E-state index in [0.717, 1.165) is 0 Å². The number of aromatic hydroxyl groups is 1. The summed E-state index contributed by atoms with van der Waals surface area (Å²) in [5.41, 5.74) is 1.78. The third-order valence-electron chi connectivity index (χ3n) is 3.66. The number of carboxylic acids is 1. The predicted molar refractivity (Wildman–Crippen MR) is 87.7 cm³/mol. The molecule has 0 aliphatic carbocycles. The van der Waals surface area contributed by atoms with E-state index in [4.69, 9.17) is 4.42 Å². The van der Waals surface area contributed by atoms with Crippen molar-refractivity contribution in [2.24, 2.45) is 0 Å². The van der Waals surface area contributed by atoms with Crippen LogP contribution in [0.25, 0.3) is 22.3 Å². The molecule has 3 aromatic rings. The van der Waals surface area contributed by atoms with E-state index < -0.39 is 5.97 Å². The number of benzene rings is 2. The molecule has 0 saturated heterocycles. The molecule has 0 unspecified atom stereocenters. The van der Waals surface area contributed by atoms with E-state index in [1.807, 2.05) is 37.2 Å². The van der Waals surface area contributed by atoms with E-state index in [-0.39, 0.29) is 11.3 Å². The molecule has 0 amide bonds. The molecule has 0 fully saturated rings. The second-order valence-electron chi connectivity index (χ2n) is 5.65. The highest BCUT2D eigenvalue weighted by Crippen LogP contribution is 2.38. The van der Waals surface area contributed by atoms with Crippen molar-refractivity contribution in [2.75, 3.05) is 14.1 Å². The van der Waals surface area contributed by atoms with E-state index in [0.29, 0.717) is 34.4 Å². The van der Waals surface area contributed by atoms with Crippen molar-refractivity contribution < 1.29 is 19.4 Å². The van der Waals surface area contributed by atoms with Gasteiger partial charge in [0, 0.05) is 23.1 Å². The van der Waals surface area contributed by atoms with Gasteiger partial charge in [-0.2, -0.15) is 0 Å². The fourth-order valence-electron chi connectivity index (χ4n) is 2.72. The zero-order chi connectivity index (χ0) is 16.6. The minimum Gasteiger partial charge on any atom is -0.508 e. The summed E-state index contributed by atoms with van der Waals surface area (Å²) in [5.74, 6) is -0.707. The first-order chi connectivity index (χ1) is 11.0. The van der Waals surface area contributed by atoms with Gasteiger partial charge < -0.3 is 19.5 Å². The van der Waals surface area contributed by atoms with Gasteiger partial charge in [0.1, 0.15) is 22.7 Å². The number of nitrogens with zero attached hydrogens (tertiary/aromatic N) is 1. The number of carbonyl (C=O) groups is 1. The maximum atomic E-state index is 11.9. The average molecular weight is 311 g/mol. The van der Waals surface area contributed by atoms with Crippen molar-refractivity contribution in [3.8, 4) is 17.1 Å². The molecule has 5 nitrogen and oxygen atoms in total. The van der Waals surface area contributed by atoms with Crippen LogP contribution in [-0.4, -0.2) is 35.2 Å². The van der Waals surface area contributed by atoms with Gasteiger partial charge in [-0.15, -0.1) is 0 Å². The van der Waals surface area contributed by atoms with Crippen LogP contribution >= 0.6 is 0 Å². The average Bonchev–Trinajstić information content (AvgIpc) is 2.91. The van der Waals surface area contributed by atoms with Crippen LogP contribution in [0.1, 0.15) is 15.9 Å². The largest absolute Gasteiger partial charge is 0.508 e. The first kappa shape index (κ1) is 15.1. The van der Waals surface area contributed by atoms with Crippen LogP contribution in [0.4, 0.5) is 0 Å². The predicted octanol–water partition coefficient (Wildman–Crippen LogP) is 3.57. The fourth-order valence-corrected chi connectivity index (χ4v) is 2.72. The fraction of sp³-hybridized carbons (Fsp3) is 0.167. The summed E-state index contributed by atoms with van der Waals surface area (Å²) >= 11 is 0. The molecule has 1 heterocycles. The molecule has 0 aliphatic heterocycles. The summed E-state index contributed by atoms with van der Waals surface area (Å²) in [6, 6.07) is 12.2. The van der Waals surface area contributed by atoms with E-state index in [9.17, 15) is 15.0 Å². The number of hydrogen-bond acceptors (Lipinski definition) is 4. The number of aromatic carboxylic acids is 1. The third-order valence-corrected chi connectivity index (χ3v) is 3.66. The van der Waals surface area contributed by atoms with Gasteiger partial charge in [0.25, 0.3) is 0 Å². The second kappa shape index (κ2) is 5.78. The molecule has 1 aromatic heterocycles. The number of furan rings is 1. The van der Waals surface area contributed by atoms with Crippen molar-refractivity contribution in [1.82, 2.24) is 4.90 Å². The Kier molecular flexibility index (Phi) is 3.80. The Morgan fingerprint density at radius 2 is 1.83 bits per heavy atom. The second-order valence-corrected chi connectivity index (χ2v) is 5.65. The Morgan fingerprint density at radius 1 is 1.13 bits per heavy atom. The molecular formula is C18H17NO4. The Morgan fingerprint density at radius 3 is 2.43 bits per heavy atom. The van der Waals surface area contributed by atoms with Crippen LogP contribution in [0.2, 0.25) is 0 Å². The standard InChI is InChI=1S/C18H17NO4/c1-19(2)10-12-13(20)8-9-14-15(12)16(18(21)22)17(23-14)11-6-4-3-5-7-11/h3-9,20H,10H2,1-2H3,(H,21,22). The van der Waals surface area contributed by atoms with Gasteiger partial charge in [0.05, 0.1) is 0 Å². The number of carboxylic acid groups (broad SMARTS) is 1. The normalized spacial score (nSPS) is 11.3. The molecule has 23 heavy (non-hydrogen) atoms. The summed E-state index contributed by atoms with van der Waals surface area (Å²) in [6.07, 6.45) is 0. The van der Waals surface area contributed by atoms with Crippen molar-refractivity contribution in [1.29, 1.82) is 0 Å². The molecule has 5 heteroatoms. The topological polar surface area (TPSA) is 73.9 Å². The smallest absolute Gasteiger partial charge is 0.340 e. The van der Waals surface area contributed by atoms with Crippen LogP contribution < -0.4 is 0 Å².